The lowest BCUT2D eigenvalue weighted by Crippen LogP contribution is -2.33. The molecule has 2 atom stereocenters. The second-order valence-electron chi connectivity index (χ2n) is 6.95. The molecule has 2 aliphatic rings. The maximum absolute atomic E-state index is 12.8. The van der Waals surface area contributed by atoms with Crippen LogP contribution in [0.4, 0.5) is 0 Å². The Hall–Kier alpha value is -1.72. The van der Waals surface area contributed by atoms with Crippen molar-refractivity contribution in [2.75, 3.05) is 26.2 Å². The zero-order valence-corrected chi connectivity index (χ0v) is 14.8. The topological polar surface area (TPSA) is 45.2 Å². The van der Waals surface area contributed by atoms with Crippen LogP contribution in [0.3, 0.4) is 0 Å². The van der Waals surface area contributed by atoms with Gasteiger partial charge in [0.2, 0.25) is 0 Å². The maximum Gasteiger partial charge on any atom is 0.273 e. The fraction of sp³-hybridized carbons (Fsp3) is 0.474. The molecular formula is C19H23N3OS. The van der Waals surface area contributed by atoms with Crippen molar-refractivity contribution in [2.24, 2.45) is 11.8 Å². The third-order valence-electron chi connectivity index (χ3n) is 5.33. The molecule has 2 fully saturated rings. The van der Waals surface area contributed by atoms with Crippen molar-refractivity contribution >= 4 is 17.2 Å². The summed E-state index contributed by atoms with van der Waals surface area (Å²) >= 11 is 1.55. The van der Waals surface area contributed by atoms with Gasteiger partial charge in [0.1, 0.15) is 10.7 Å². The summed E-state index contributed by atoms with van der Waals surface area (Å²) in [6.45, 7) is 6.02. The van der Waals surface area contributed by atoms with Gasteiger partial charge in [0.15, 0.2) is 0 Å². The molecule has 5 heteroatoms. The first-order chi connectivity index (χ1) is 11.7. The Kier molecular flexibility index (Phi) is 4.37. The van der Waals surface area contributed by atoms with Crippen molar-refractivity contribution in [1.29, 1.82) is 0 Å². The Bertz CT molecular complexity index is 710. The van der Waals surface area contributed by atoms with Crippen molar-refractivity contribution < 1.29 is 4.79 Å². The molecule has 0 aliphatic carbocycles. The number of nitrogens with one attached hydrogen (secondary N) is 1. The number of aryl methyl sites for hydroxylation is 1. The summed E-state index contributed by atoms with van der Waals surface area (Å²) in [4.78, 5) is 19.4. The van der Waals surface area contributed by atoms with Crippen LogP contribution in [0.1, 0.15) is 28.9 Å². The van der Waals surface area contributed by atoms with Crippen molar-refractivity contribution in [3.05, 3.63) is 40.9 Å². The van der Waals surface area contributed by atoms with E-state index in [1.165, 1.54) is 5.56 Å². The van der Waals surface area contributed by atoms with Crippen molar-refractivity contribution in [3.8, 4) is 10.6 Å². The molecule has 1 aromatic carbocycles. The highest BCUT2D eigenvalue weighted by Crippen LogP contribution is 2.29. The monoisotopic (exact) mass is 341 g/mol. The first kappa shape index (κ1) is 15.8. The van der Waals surface area contributed by atoms with E-state index in [0.29, 0.717) is 5.69 Å². The fourth-order valence-corrected chi connectivity index (χ4v) is 4.58. The minimum Gasteiger partial charge on any atom is -0.337 e. The summed E-state index contributed by atoms with van der Waals surface area (Å²) in [5.41, 5.74) is 2.91. The molecule has 2 aliphatic heterocycles. The van der Waals surface area contributed by atoms with Gasteiger partial charge in [-0.3, -0.25) is 4.79 Å². The van der Waals surface area contributed by atoms with Crippen LogP contribution >= 0.6 is 11.3 Å². The van der Waals surface area contributed by atoms with Gasteiger partial charge in [-0.2, -0.15) is 0 Å². The predicted molar refractivity (Wildman–Crippen MR) is 97.3 cm³/mol. The van der Waals surface area contributed by atoms with E-state index in [2.05, 4.69) is 41.5 Å². The maximum atomic E-state index is 12.8. The van der Waals surface area contributed by atoms with E-state index in [-0.39, 0.29) is 5.91 Å². The van der Waals surface area contributed by atoms with Gasteiger partial charge in [-0.1, -0.05) is 29.8 Å². The van der Waals surface area contributed by atoms with Crippen LogP contribution < -0.4 is 5.32 Å². The molecule has 0 bridgehead atoms. The Morgan fingerprint density at radius 1 is 1.17 bits per heavy atom. The number of likely N-dealkylation sites (tertiary alicyclic amines) is 1. The van der Waals surface area contributed by atoms with E-state index in [9.17, 15) is 4.79 Å². The highest BCUT2D eigenvalue weighted by molar-refractivity contribution is 7.13. The second kappa shape index (κ2) is 6.65. The average Bonchev–Trinajstić information content (AvgIpc) is 3.21. The molecule has 0 saturated carbocycles. The molecule has 2 saturated heterocycles. The Labute approximate surface area is 146 Å². The minimum absolute atomic E-state index is 0.0949. The third kappa shape index (κ3) is 3.10. The van der Waals surface area contributed by atoms with Crippen LogP contribution in [0.2, 0.25) is 0 Å². The summed E-state index contributed by atoms with van der Waals surface area (Å²) in [6, 6.07) is 8.31. The molecule has 24 heavy (non-hydrogen) atoms. The van der Waals surface area contributed by atoms with Gasteiger partial charge >= 0.3 is 0 Å². The van der Waals surface area contributed by atoms with Crippen LogP contribution in [0.5, 0.6) is 0 Å². The Morgan fingerprint density at radius 3 is 2.50 bits per heavy atom. The van der Waals surface area contributed by atoms with E-state index in [0.717, 1.165) is 61.4 Å². The van der Waals surface area contributed by atoms with Crippen molar-refractivity contribution in [2.45, 2.75) is 19.8 Å². The zero-order chi connectivity index (χ0) is 16.5. The van der Waals surface area contributed by atoms with Gasteiger partial charge in [0, 0.05) is 24.0 Å². The first-order valence-electron chi connectivity index (χ1n) is 8.73. The number of aromatic nitrogens is 1. The largest absolute Gasteiger partial charge is 0.337 e. The van der Waals surface area contributed by atoms with Crippen LogP contribution in [-0.4, -0.2) is 42.0 Å². The van der Waals surface area contributed by atoms with Gasteiger partial charge in [0.25, 0.3) is 5.91 Å². The molecule has 4 nitrogen and oxygen atoms in total. The molecular weight excluding hydrogens is 318 g/mol. The standard InChI is InChI=1S/C19H23N3OS/c1-13-2-4-14(5-3-13)18-21-17(12-24-18)19(23)22-8-6-15-10-20-11-16(15)7-9-22/h2-5,12,15-16,20H,6-11H2,1H3/t15-,16+. The van der Waals surface area contributed by atoms with E-state index in [1.54, 1.807) is 11.3 Å². The van der Waals surface area contributed by atoms with E-state index in [4.69, 9.17) is 0 Å². The van der Waals surface area contributed by atoms with Crippen LogP contribution in [0.25, 0.3) is 10.6 Å². The number of amides is 1. The van der Waals surface area contributed by atoms with E-state index in [1.807, 2.05) is 10.3 Å². The molecule has 1 aromatic heterocycles. The number of hydrogen-bond acceptors (Lipinski definition) is 4. The molecule has 0 unspecified atom stereocenters. The quantitative estimate of drug-likeness (QED) is 0.912. The lowest BCUT2D eigenvalue weighted by molar-refractivity contribution is 0.0753. The smallest absolute Gasteiger partial charge is 0.273 e. The van der Waals surface area contributed by atoms with E-state index < -0.39 is 0 Å². The molecule has 2 aromatic rings. The summed E-state index contributed by atoms with van der Waals surface area (Å²) in [5, 5.41) is 6.31. The molecule has 1 amide bonds. The first-order valence-corrected chi connectivity index (χ1v) is 9.61. The summed E-state index contributed by atoms with van der Waals surface area (Å²) < 4.78 is 0. The summed E-state index contributed by atoms with van der Waals surface area (Å²) in [5.74, 6) is 1.57. The Balaban J connectivity index is 1.47. The molecule has 3 heterocycles. The number of carbonyl (C=O) groups is 1. The van der Waals surface area contributed by atoms with Gasteiger partial charge in [-0.25, -0.2) is 4.98 Å². The lowest BCUT2D eigenvalue weighted by Gasteiger charge is -2.19. The van der Waals surface area contributed by atoms with Crippen molar-refractivity contribution in [1.82, 2.24) is 15.2 Å². The molecule has 0 radical (unpaired) electrons. The number of carbonyl (C=O) groups excluding carboxylic acids is 1. The predicted octanol–water partition coefficient (Wildman–Crippen LogP) is 3.19. The number of hydrogen-bond donors (Lipinski definition) is 1. The normalized spacial score (nSPS) is 23.8. The van der Waals surface area contributed by atoms with Gasteiger partial charge in [-0.15, -0.1) is 11.3 Å². The number of fused-ring (bicyclic) bond motifs is 1. The highest BCUT2D eigenvalue weighted by atomic mass is 32.1. The highest BCUT2D eigenvalue weighted by Gasteiger charge is 2.32. The SMILES string of the molecule is Cc1ccc(-c2nc(C(=O)N3CC[C@@H]4CNC[C@@H]4CC3)cs2)cc1. The number of rotatable bonds is 2. The van der Waals surface area contributed by atoms with Gasteiger partial charge in [0.05, 0.1) is 0 Å². The van der Waals surface area contributed by atoms with Gasteiger partial charge < -0.3 is 10.2 Å². The molecule has 0 spiro atoms. The van der Waals surface area contributed by atoms with Crippen LogP contribution in [0.15, 0.2) is 29.6 Å². The van der Waals surface area contributed by atoms with Crippen LogP contribution in [-0.2, 0) is 0 Å². The number of benzene rings is 1. The number of thiazole rings is 1. The van der Waals surface area contributed by atoms with Crippen molar-refractivity contribution in [3.63, 3.8) is 0 Å². The van der Waals surface area contributed by atoms with Crippen LogP contribution in [0, 0.1) is 18.8 Å². The summed E-state index contributed by atoms with van der Waals surface area (Å²) in [7, 11) is 0. The van der Waals surface area contributed by atoms with Gasteiger partial charge in [-0.05, 0) is 44.7 Å². The second-order valence-corrected chi connectivity index (χ2v) is 7.81. The Morgan fingerprint density at radius 2 is 1.83 bits per heavy atom. The zero-order valence-electron chi connectivity index (χ0n) is 14.0. The third-order valence-corrected chi connectivity index (χ3v) is 6.22. The minimum atomic E-state index is 0.0949. The lowest BCUT2D eigenvalue weighted by atomic mass is 9.92. The molecule has 126 valence electrons. The summed E-state index contributed by atoms with van der Waals surface area (Å²) in [6.07, 6.45) is 2.22. The fourth-order valence-electron chi connectivity index (χ4n) is 3.78. The molecule has 1 N–H and O–H groups in total. The average molecular weight is 341 g/mol. The van der Waals surface area contributed by atoms with E-state index >= 15 is 0 Å². The number of nitrogens with zero attached hydrogens (tertiary/aromatic N) is 2. The molecule has 4 rings (SSSR count).